The molecule has 0 aromatic heterocycles. The third-order valence-electron chi connectivity index (χ3n) is 1.52. The lowest BCUT2D eigenvalue weighted by Gasteiger charge is -1.91. The molecule has 1 saturated carbocycles. The van der Waals surface area contributed by atoms with Crippen molar-refractivity contribution in [3.63, 3.8) is 0 Å². The van der Waals surface area contributed by atoms with E-state index in [4.69, 9.17) is 5.73 Å². The number of allylic oxidation sites excluding steroid dienone is 1. The molecular weight excluding hydrogens is 112 g/mol. The van der Waals surface area contributed by atoms with Crippen LogP contribution in [0.3, 0.4) is 0 Å². The fourth-order valence-corrected chi connectivity index (χ4v) is 0.850. The second-order valence-corrected chi connectivity index (χ2v) is 2.33. The van der Waals surface area contributed by atoms with Crippen LogP contribution in [-0.4, -0.2) is 13.3 Å². The summed E-state index contributed by atoms with van der Waals surface area (Å²) in [6.07, 6.45) is 6.08. The van der Waals surface area contributed by atoms with Crippen molar-refractivity contribution >= 4 is 6.21 Å². The largest absolute Gasteiger partial charge is 0.404 e. The van der Waals surface area contributed by atoms with Crippen LogP contribution in [0.5, 0.6) is 0 Å². The van der Waals surface area contributed by atoms with E-state index in [2.05, 4.69) is 4.99 Å². The van der Waals surface area contributed by atoms with E-state index in [0.29, 0.717) is 0 Å². The van der Waals surface area contributed by atoms with Crippen LogP contribution in [0, 0.1) is 5.92 Å². The van der Waals surface area contributed by atoms with Gasteiger partial charge in [0.05, 0.1) is 0 Å². The van der Waals surface area contributed by atoms with Crippen LogP contribution in [0.15, 0.2) is 16.8 Å². The van der Waals surface area contributed by atoms with Crippen LogP contribution in [-0.2, 0) is 0 Å². The minimum atomic E-state index is 0.721. The first-order valence-corrected chi connectivity index (χ1v) is 3.22. The number of hydrogen-bond donors (Lipinski definition) is 1. The first-order chi connectivity index (χ1) is 4.38. The van der Waals surface area contributed by atoms with Crippen LogP contribution < -0.4 is 5.73 Å². The SMILES string of the molecule is CN=CC(=CN)C1CC1. The van der Waals surface area contributed by atoms with E-state index in [-0.39, 0.29) is 0 Å². The van der Waals surface area contributed by atoms with Gasteiger partial charge in [-0.05, 0) is 30.5 Å². The molecule has 9 heavy (non-hydrogen) atoms. The Balaban J connectivity index is 2.48. The molecule has 0 radical (unpaired) electrons. The first-order valence-electron chi connectivity index (χ1n) is 3.22. The van der Waals surface area contributed by atoms with Crippen LogP contribution in [0.25, 0.3) is 0 Å². The van der Waals surface area contributed by atoms with Crippen molar-refractivity contribution in [3.05, 3.63) is 11.8 Å². The van der Waals surface area contributed by atoms with E-state index < -0.39 is 0 Å². The van der Waals surface area contributed by atoms with E-state index in [1.54, 1.807) is 13.2 Å². The van der Waals surface area contributed by atoms with Crippen molar-refractivity contribution in [2.24, 2.45) is 16.6 Å². The van der Waals surface area contributed by atoms with Crippen molar-refractivity contribution in [2.75, 3.05) is 7.05 Å². The molecule has 0 aromatic carbocycles. The Morgan fingerprint density at radius 1 is 1.67 bits per heavy atom. The van der Waals surface area contributed by atoms with Gasteiger partial charge in [-0.1, -0.05) is 0 Å². The maximum absolute atomic E-state index is 5.35. The molecule has 50 valence electrons. The molecule has 0 amide bonds. The lowest BCUT2D eigenvalue weighted by molar-refractivity contribution is 1.07. The average Bonchev–Trinajstić information content (AvgIpc) is 2.64. The van der Waals surface area contributed by atoms with Crippen molar-refractivity contribution in [2.45, 2.75) is 12.8 Å². The third-order valence-corrected chi connectivity index (χ3v) is 1.52. The molecule has 0 aliphatic heterocycles. The molecule has 1 aliphatic carbocycles. The maximum atomic E-state index is 5.35. The molecule has 1 rings (SSSR count). The van der Waals surface area contributed by atoms with Gasteiger partial charge < -0.3 is 5.73 Å². The van der Waals surface area contributed by atoms with E-state index in [1.807, 2.05) is 6.21 Å². The van der Waals surface area contributed by atoms with Crippen LogP contribution in [0.2, 0.25) is 0 Å². The quantitative estimate of drug-likeness (QED) is 0.546. The molecule has 2 heteroatoms. The van der Waals surface area contributed by atoms with Gasteiger partial charge >= 0.3 is 0 Å². The Kier molecular flexibility index (Phi) is 1.88. The second kappa shape index (κ2) is 2.67. The molecule has 0 bridgehead atoms. The molecule has 2 N–H and O–H groups in total. The zero-order chi connectivity index (χ0) is 6.69. The Labute approximate surface area is 55.5 Å². The Bertz CT molecular complexity index is 143. The van der Waals surface area contributed by atoms with Gasteiger partial charge in [-0.3, -0.25) is 4.99 Å². The summed E-state index contributed by atoms with van der Waals surface area (Å²) in [5.74, 6) is 0.721. The predicted molar refractivity (Wildman–Crippen MR) is 39.4 cm³/mol. The standard InChI is InChI=1S/C7H12N2/c1-9-5-7(4-8)6-2-3-6/h4-6H,2-3,8H2,1H3. The minimum Gasteiger partial charge on any atom is -0.404 e. The zero-order valence-corrected chi connectivity index (χ0v) is 5.67. The highest BCUT2D eigenvalue weighted by Crippen LogP contribution is 2.34. The predicted octanol–water partition coefficient (Wildman–Crippen LogP) is 0.940. The molecule has 1 aliphatic rings. The molecule has 0 atom stereocenters. The number of nitrogens with two attached hydrogens (primary N) is 1. The Hall–Kier alpha value is -0.790. The first kappa shape index (κ1) is 6.33. The topological polar surface area (TPSA) is 38.4 Å². The number of nitrogens with zero attached hydrogens (tertiary/aromatic N) is 1. The highest BCUT2D eigenvalue weighted by Gasteiger charge is 2.24. The van der Waals surface area contributed by atoms with Gasteiger partial charge in [-0.15, -0.1) is 0 Å². The van der Waals surface area contributed by atoms with Crippen LogP contribution in [0.4, 0.5) is 0 Å². The van der Waals surface area contributed by atoms with Crippen LogP contribution in [0.1, 0.15) is 12.8 Å². The van der Waals surface area contributed by atoms with Gasteiger partial charge in [0.25, 0.3) is 0 Å². The normalized spacial score (nSPS) is 21.2. The molecule has 0 spiro atoms. The van der Waals surface area contributed by atoms with Gasteiger partial charge in [-0.25, -0.2) is 0 Å². The van der Waals surface area contributed by atoms with Gasteiger partial charge in [0, 0.05) is 13.3 Å². The van der Waals surface area contributed by atoms with E-state index >= 15 is 0 Å². The summed E-state index contributed by atoms with van der Waals surface area (Å²) < 4.78 is 0. The van der Waals surface area contributed by atoms with Gasteiger partial charge in [0.1, 0.15) is 0 Å². The smallest absolute Gasteiger partial charge is 0.0277 e. The number of hydrogen-bond acceptors (Lipinski definition) is 2. The lowest BCUT2D eigenvalue weighted by atomic mass is 10.2. The minimum absolute atomic E-state index is 0.721. The number of rotatable bonds is 2. The summed E-state index contributed by atoms with van der Waals surface area (Å²) in [5, 5.41) is 0. The van der Waals surface area contributed by atoms with E-state index in [1.165, 1.54) is 18.4 Å². The molecule has 0 heterocycles. The molecule has 0 aromatic rings. The Morgan fingerprint density at radius 3 is 2.67 bits per heavy atom. The van der Waals surface area contributed by atoms with Crippen molar-refractivity contribution in [3.8, 4) is 0 Å². The van der Waals surface area contributed by atoms with Crippen molar-refractivity contribution in [1.82, 2.24) is 0 Å². The summed E-state index contributed by atoms with van der Waals surface area (Å²) >= 11 is 0. The summed E-state index contributed by atoms with van der Waals surface area (Å²) in [7, 11) is 1.77. The monoisotopic (exact) mass is 124 g/mol. The summed E-state index contributed by atoms with van der Waals surface area (Å²) in [6.45, 7) is 0. The summed E-state index contributed by atoms with van der Waals surface area (Å²) in [5.41, 5.74) is 6.54. The molecule has 1 fully saturated rings. The fraction of sp³-hybridized carbons (Fsp3) is 0.571. The molecular formula is C7H12N2. The highest BCUT2D eigenvalue weighted by atomic mass is 14.6. The molecule has 0 unspecified atom stereocenters. The summed E-state index contributed by atoms with van der Waals surface area (Å²) in [6, 6.07) is 0. The van der Waals surface area contributed by atoms with E-state index in [9.17, 15) is 0 Å². The molecule has 0 saturated heterocycles. The summed E-state index contributed by atoms with van der Waals surface area (Å²) in [4.78, 5) is 3.89. The fourth-order valence-electron chi connectivity index (χ4n) is 0.850. The van der Waals surface area contributed by atoms with Crippen molar-refractivity contribution < 1.29 is 0 Å². The zero-order valence-electron chi connectivity index (χ0n) is 5.67. The molecule has 2 nitrogen and oxygen atoms in total. The van der Waals surface area contributed by atoms with E-state index in [0.717, 1.165) is 5.92 Å². The third kappa shape index (κ3) is 1.56. The average molecular weight is 124 g/mol. The van der Waals surface area contributed by atoms with Gasteiger partial charge in [0.15, 0.2) is 0 Å². The van der Waals surface area contributed by atoms with Crippen molar-refractivity contribution in [1.29, 1.82) is 0 Å². The van der Waals surface area contributed by atoms with Crippen LogP contribution >= 0.6 is 0 Å². The maximum Gasteiger partial charge on any atom is 0.0277 e. The Morgan fingerprint density at radius 2 is 2.33 bits per heavy atom. The second-order valence-electron chi connectivity index (χ2n) is 2.33. The van der Waals surface area contributed by atoms with Gasteiger partial charge in [-0.2, -0.15) is 0 Å². The lowest BCUT2D eigenvalue weighted by Crippen LogP contribution is -1.92. The van der Waals surface area contributed by atoms with Gasteiger partial charge in [0.2, 0.25) is 0 Å². The highest BCUT2D eigenvalue weighted by molar-refractivity contribution is 5.79. The number of aliphatic imine (C=N–C) groups is 1.